The summed E-state index contributed by atoms with van der Waals surface area (Å²) in [5, 5.41) is 2.92. The van der Waals surface area contributed by atoms with Gasteiger partial charge in [-0.25, -0.2) is 9.97 Å². The molecular formula is C14H21F3N4. The summed E-state index contributed by atoms with van der Waals surface area (Å²) >= 11 is 0. The van der Waals surface area contributed by atoms with Crippen molar-refractivity contribution in [2.75, 3.05) is 23.3 Å². The standard InChI is InChI=1S/C14H21F3N4/c1-4-5-18-11-7-12(20-13(19-11)14(15,16)17)21-8-9(2)6-10(21)3/h7,9-10H,4-6,8H2,1-3H3,(H,18,19,20). The molecule has 2 rings (SSSR count). The Labute approximate surface area is 122 Å². The van der Waals surface area contributed by atoms with E-state index in [9.17, 15) is 13.2 Å². The van der Waals surface area contributed by atoms with Crippen molar-refractivity contribution in [3.05, 3.63) is 11.9 Å². The van der Waals surface area contributed by atoms with E-state index >= 15 is 0 Å². The van der Waals surface area contributed by atoms with Gasteiger partial charge in [0.25, 0.3) is 0 Å². The van der Waals surface area contributed by atoms with Crippen LogP contribution in [-0.2, 0) is 6.18 Å². The third-order valence-corrected chi connectivity index (χ3v) is 3.60. The summed E-state index contributed by atoms with van der Waals surface area (Å²) < 4.78 is 38.9. The van der Waals surface area contributed by atoms with Gasteiger partial charge in [-0.2, -0.15) is 13.2 Å². The SMILES string of the molecule is CCCNc1cc(N2CC(C)CC2C)nc(C(F)(F)F)n1. The van der Waals surface area contributed by atoms with Gasteiger partial charge >= 0.3 is 6.18 Å². The van der Waals surface area contributed by atoms with Crippen molar-refractivity contribution in [1.82, 2.24) is 9.97 Å². The van der Waals surface area contributed by atoms with E-state index in [1.54, 1.807) is 6.07 Å². The van der Waals surface area contributed by atoms with Gasteiger partial charge in [-0.3, -0.25) is 0 Å². The molecule has 118 valence electrons. The van der Waals surface area contributed by atoms with E-state index in [1.807, 2.05) is 18.7 Å². The maximum Gasteiger partial charge on any atom is 0.451 e. The molecule has 7 heteroatoms. The highest BCUT2D eigenvalue weighted by Crippen LogP contribution is 2.32. The van der Waals surface area contributed by atoms with Gasteiger partial charge in [0.1, 0.15) is 11.6 Å². The Hall–Kier alpha value is -1.53. The summed E-state index contributed by atoms with van der Waals surface area (Å²) in [4.78, 5) is 9.24. The van der Waals surface area contributed by atoms with Crippen LogP contribution in [0.25, 0.3) is 0 Å². The molecule has 0 bridgehead atoms. The lowest BCUT2D eigenvalue weighted by Crippen LogP contribution is -2.29. The zero-order chi connectivity index (χ0) is 15.6. The van der Waals surface area contributed by atoms with Crippen molar-refractivity contribution in [2.45, 2.75) is 45.8 Å². The lowest BCUT2D eigenvalue weighted by atomic mass is 10.1. The van der Waals surface area contributed by atoms with Crippen LogP contribution in [0, 0.1) is 5.92 Å². The molecule has 1 aliphatic heterocycles. The zero-order valence-electron chi connectivity index (χ0n) is 12.5. The molecule has 1 fully saturated rings. The smallest absolute Gasteiger partial charge is 0.370 e. The van der Waals surface area contributed by atoms with Gasteiger partial charge in [0, 0.05) is 25.2 Å². The number of aromatic nitrogens is 2. The molecule has 2 atom stereocenters. The number of anilines is 2. The van der Waals surface area contributed by atoms with Crippen molar-refractivity contribution in [3.63, 3.8) is 0 Å². The molecule has 1 aromatic rings. The quantitative estimate of drug-likeness (QED) is 0.923. The lowest BCUT2D eigenvalue weighted by Gasteiger charge is -2.24. The minimum atomic E-state index is -4.53. The van der Waals surface area contributed by atoms with Gasteiger partial charge in [-0.15, -0.1) is 0 Å². The Morgan fingerprint density at radius 2 is 2.05 bits per heavy atom. The average molecular weight is 302 g/mol. The molecule has 0 aromatic carbocycles. The minimum absolute atomic E-state index is 0.190. The van der Waals surface area contributed by atoms with Gasteiger partial charge in [-0.05, 0) is 25.7 Å². The van der Waals surface area contributed by atoms with Crippen LogP contribution < -0.4 is 10.2 Å². The maximum atomic E-state index is 13.0. The third-order valence-electron chi connectivity index (χ3n) is 3.60. The zero-order valence-corrected chi connectivity index (χ0v) is 12.5. The second kappa shape index (κ2) is 6.07. The first-order valence-electron chi connectivity index (χ1n) is 7.28. The summed E-state index contributed by atoms with van der Waals surface area (Å²) in [5.74, 6) is -0.0320. The first-order chi connectivity index (χ1) is 9.81. The van der Waals surface area contributed by atoms with E-state index in [1.165, 1.54) is 0 Å². The number of hydrogen-bond acceptors (Lipinski definition) is 4. The molecule has 0 aliphatic carbocycles. The van der Waals surface area contributed by atoms with Crippen LogP contribution in [0.3, 0.4) is 0 Å². The molecule has 21 heavy (non-hydrogen) atoms. The summed E-state index contributed by atoms with van der Waals surface area (Å²) in [6.07, 6.45) is -2.76. The van der Waals surface area contributed by atoms with Crippen molar-refractivity contribution < 1.29 is 13.2 Å². The molecule has 0 radical (unpaired) electrons. The summed E-state index contributed by atoms with van der Waals surface area (Å²) in [6.45, 7) is 7.36. The molecule has 1 N–H and O–H groups in total. The van der Waals surface area contributed by atoms with Gasteiger partial charge in [0.05, 0.1) is 0 Å². The fourth-order valence-electron chi connectivity index (χ4n) is 2.67. The fraction of sp³-hybridized carbons (Fsp3) is 0.714. The summed E-state index contributed by atoms with van der Waals surface area (Å²) in [7, 11) is 0. The number of halogens is 3. The van der Waals surface area contributed by atoms with Crippen LogP contribution >= 0.6 is 0 Å². The highest BCUT2D eigenvalue weighted by molar-refractivity contribution is 5.51. The largest absolute Gasteiger partial charge is 0.451 e. The third kappa shape index (κ3) is 3.77. The molecule has 4 nitrogen and oxygen atoms in total. The van der Waals surface area contributed by atoms with E-state index < -0.39 is 12.0 Å². The van der Waals surface area contributed by atoms with E-state index in [0.717, 1.165) is 19.4 Å². The molecule has 1 saturated heterocycles. The predicted molar refractivity (Wildman–Crippen MR) is 76.4 cm³/mol. The van der Waals surface area contributed by atoms with E-state index in [0.29, 0.717) is 18.3 Å². The topological polar surface area (TPSA) is 41.0 Å². The highest BCUT2D eigenvalue weighted by atomic mass is 19.4. The van der Waals surface area contributed by atoms with Crippen LogP contribution in [0.15, 0.2) is 6.07 Å². The fourth-order valence-corrected chi connectivity index (χ4v) is 2.67. The molecule has 1 aromatic heterocycles. The second-order valence-electron chi connectivity index (χ2n) is 5.70. The van der Waals surface area contributed by atoms with Gasteiger partial charge < -0.3 is 10.2 Å². The number of nitrogens with zero attached hydrogens (tertiary/aromatic N) is 3. The first kappa shape index (κ1) is 15.9. The molecule has 2 heterocycles. The van der Waals surface area contributed by atoms with Crippen LogP contribution in [0.4, 0.5) is 24.8 Å². The monoisotopic (exact) mass is 302 g/mol. The maximum absolute atomic E-state index is 13.0. The first-order valence-corrected chi connectivity index (χ1v) is 7.28. The molecule has 2 unspecified atom stereocenters. The van der Waals surface area contributed by atoms with Gasteiger partial charge in [0.2, 0.25) is 5.82 Å². The minimum Gasteiger partial charge on any atom is -0.370 e. The highest BCUT2D eigenvalue weighted by Gasteiger charge is 2.37. The van der Waals surface area contributed by atoms with E-state index in [-0.39, 0.29) is 11.9 Å². The Morgan fingerprint density at radius 1 is 1.33 bits per heavy atom. The number of rotatable bonds is 4. The average Bonchev–Trinajstić information content (AvgIpc) is 2.74. The normalized spacial score (nSPS) is 22.7. The van der Waals surface area contributed by atoms with Crippen molar-refractivity contribution in [2.24, 2.45) is 5.92 Å². The lowest BCUT2D eigenvalue weighted by molar-refractivity contribution is -0.144. The Kier molecular flexibility index (Phi) is 4.58. The molecule has 1 aliphatic rings. The molecular weight excluding hydrogens is 281 g/mol. The van der Waals surface area contributed by atoms with E-state index in [4.69, 9.17) is 0 Å². The van der Waals surface area contributed by atoms with Crippen LogP contribution in [0.5, 0.6) is 0 Å². The predicted octanol–water partition coefficient (Wildman–Crippen LogP) is 3.55. The van der Waals surface area contributed by atoms with E-state index in [2.05, 4.69) is 22.2 Å². The number of hydrogen-bond donors (Lipinski definition) is 1. The van der Waals surface area contributed by atoms with Crippen LogP contribution in [-0.4, -0.2) is 29.1 Å². The molecule has 0 amide bonds. The van der Waals surface area contributed by atoms with Gasteiger partial charge in [-0.1, -0.05) is 13.8 Å². The Bertz CT molecular complexity index is 490. The van der Waals surface area contributed by atoms with Crippen molar-refractivity contribution >= 4 is 11.6 Å². The summed E-state index contributed by atoms with van der Waals surface area (Å²) in [5.41, 5.74) is 0. The van der Waals surface area contributed by atoms with Crippen molar-refractivity contribution in [3.8, 4) is 0 Å². The second-order valence-corrected chi connectivity index (χ2v) is 5.70. The van der Waals surface area contributed by atoms with Gasteiger partial charge in [0.15, 0.2) is 0 Å². The molecule has 0 spiro atoms. The van der Waals surface area contributed by atoms with Crippen molar-refractivity contribution in [1.29, 1.82) is 0 Å². The number of nitrogens with one attached hydrogen (secondary N) is 1. The summed E-state index contributed by atoms with van der Waals surface area (Å²) in [6, 6.07) is 1.80. The number of alkyl halides is 3. The Morgan fingerprint density at radius 3 is 2.57 bits per heavy atom. The van der Waals surface area contributed by atoms with Crippen LogP contribution in [0.2, 0.25) is 0 Å². The molecule has 0 saturated carbocycles. The Balaban J connectivity index is 2.35. The van der Waals surface area contributed by atoms with Crippen LogP contribution in [0.1, 0.15) is 39.4 Å².